The molecule has 5 nitrogen and oxygen atoms in total. The number of rotatable bonds is 6. The van der Waals surface area contributed by atoms with Gasteiger partial charge >= 0.3 is 5.97 Å². The molecule has 0 aliphatic heterocycles. The molecule has 17 heavy (non-hydrogen) atoms. The molecule has 0 aromatic carbocycles. The normalized spacial score (nSPS) is 10.1. The lowest BCUT2D eigenvalue weighted by atomic mass is 10.3. The van der Waals surface area contributed by atoms with E-state index < -0.39 is 0 Å². The number of anilines is 1. The van der Waals surface area contributed by atoms with E-state index in [4.69, 9.17) is 5.73 Å². The van der Waals surface area contributed by atoms with Crippen LogP contribution < -0.4 is 5.73 Å². The number of methoxy groups -OCH3 is 1. The molecule has 0 fully saturated rings. The minimum absolute atomic E-state index is 0. The van der Waals surface area contributed by atoms with E-state index in [1.165, 1.54) is 18.4 Å². The van der Waals surface area contributed by atoms with Crippen molar-refractivity contribution in [2.24, 2.45) is 0 Å². The Hall–Kier alpha value is -0.850. The zero-order valence-corrected chi connectivity index (χ0v) is 11.6. The minimum atomic E-state index is -0.217. The predicted molar refractivity (Wildman–Crippen MR) is 71.4 cm³/mol. The van der Waals surface area contributed by atoms with Crippen molar-refractivity contribution in [3.63, 3.8) is 0 Å². The van der Waals surface area contributed by atoms with E-state index in [-0.39, 0.29) is 18.4 Å². The smallest absolute Gasteiger partial charge is 0.319 e. The third-order valence-electron chi connectivity index (χ3n) is 2.07. The molecule has 7 heteroatoms. The largest absolute Gasteiger partial charge is 0.468 e. The van der Waals surface area contributed by atoms with Gasteiger partial charge in [0.05, 0.1) is 13.7 Å². The van der Waals surface area contributed by atoms with E-state index in [0.29, 0.717) is 18.2 Å². The first kappa shape index (κ1) is 16.1. The average Bonchev–Trinajstić information content (AvgIpc) is 2.64. The molecule has 0 aliphatic carbocycles. The van der Waals surface area contributed by atoms with Gasteiger partial charge in [0.15, 0.2) is 5.13 Å². The van der Waals surface area contributed by atoms with Crippen LogP contribution in [0.15, 0.2) is 6.20 Å². The lowest BCUT2D eigenvalue weighted by Gasteiger charge is -2.18. The second kappa shape index (κ2) is 8.27. The summed E-state index contributed by atoms with van der Waals surface area (Å²) >= 11 is 1.45. The second-order valence-corrected chi connectivity index (χ2v) is 4.60. The van der Waals surface area contributed by atoms with Crippen LogP contribution in [-0.2, 0) is 16.1 Å². The highest BCUT2D eigenvalue weighted by Crippen LogP contribution is 2.16. The summed E-state index contributed by atoms with van der Waals surface area (Å²) in [6.07, 6.45) is 2.74. The predicted octanol–water partition coefficient (Wildman–Crippen LogP) is 1.53. The van der Waals surface area contributed by atoms with Gasteiger partial charge in [0.1, 0.15) is 0 Å². The van der Waals surface area contributed by atoms with Crippen molar-refractivity contribution in [2.75, 3.05) is 25.9 Å². The van der Waals surface area contributed by atoms with Crippen LogP contribution in [0, 0.1) is 0 Å². The van der Waals surface area contributed by atoms with E-state index in [1.54, 1.807) is 6.20 Å². The number of nitrogen functional groups attached to an aromatic ring is 1. The van der Waals surface area contributed by atoms with Crippen LogP contribution in [-0.4, -0.2) is 36.1 Å². The van der Waals surface area contributed by atoms with Crippen LogP contribution in [0.3, 0.4) is 0 Å². The zero-order valence-electron chi connectivity index (χ0n) is 10.0. The number of aromatic nitrogens is 1. The Morgan fingerprint density at radius 2 is 2.35 bits per heavy atom. The molecule has 98 valence electrons. The summed E-state index contributed by atoms with van der Waals surface area (Å²) in [4.78, 5) is 18.3. The maximum Gasteiger partial charge on any atom is 0.319 e. The van der Waals surface area contributed by atoms with Crippen molar-refractivity contribution < 1.29 is 9.53 Å². The molecule has 0 saturated carbocycles. The number of thiazole rings is 1. The van der Waals surface area contributed by atoms with Gasteiger partial charge in [-0.2, -0.15) is 0 Å². The number of nitrogens with two attached hydrogens (primary N) is 1. The topological polar surface area (TPSA) is 68.5 Å². The molecule has 0 atom stereocenters. The third kappa shape index (κ3) is 5.86. The maximum absolute atomic E-state index is 11.2. The third-order valence-corrected chi connectivity index (χ3v) is 2.88. The maximum atomic E-state index is 11.2. The van der Waals surface area contributed by atoms with E-state index in [0.717, 1.165) is 17.8 Å². The number of carbonyl (C=O) groups excluding carboxylic acids is 1. The number of halogens is 1. The van der Waals surface area contributed by atoms with Crippen molar-refractivity contribution in [1.82, 2.24) is 9.88 Å². The summed E-state index contributed by atoms with van der Waals surface area (Å²) in [5, 5.41) is 0.560. The first-order chi connectivity index (χ1) is 7.65. The molecule has 1 rings (SSSR count). The minimum Gasteiger partial charge on any atom is -0.468 e. The molecule has 0 unspecified atom stereocenters. The van der Waals surface area contributed by atoms with Crippen molar-refractivity contribution in [1.29, 1.82) is 0 Å². The average molecular weight is 280 g/mol. The van der Waals surface area contributed by atoms with E-state index in [9.17, 15) is 4.79 Å². The number of hydrogen-bond acceptors (Lipinski definition) is 6. The highest BCUT2D eigenvalue weighted by molar-refractivity contribution is 7.15. The Morgan fingerprint density at radius 3 is 2.82 bits per heavy atom. The molecule has 1 aromatic heterocycles. The fourth-order valence-electron chi connectivity index (χ4n) is 1.39. The van der Waals surface area contributed by atoms with Crippen LogP contribution in [0.4, 0.5) is 5.13 Å². The summed E-state index contributed by atoms with van der Waals surface area (Å²) in [5.74, 6) is -0.217. The van der Waals surface area contributed by atoms with Crippen molar-refractivity contribution >= 4 is 34.8 Å². The molecule has 0 aliphatic rings. The Kier molecular flexibility index (Phi) is 7.86. The summed E-state index contributed by atoms with van der Waals surface area (Å²) < 4.78 is 4.65. The molecule has 0 bridgehead atoms. The molecule has 0 amide bonds. The number of nitrogens with zero attached hydrogens (tertiary/aromatic N) is 2. The van der Waals surface area contributed by atoms with Gasteiger partial charge in [0.2, 0.25) is 0 Å². The van der Waals surface area contributed by atoms with Gasteiger partial charge in [-0.05, 0) is 13.0 Å². The SMILES string of the molecule is CCCN(CC(=O)OC)Cc1cnc(N)s1.Cl. The lowest BCUT2D eigenvalue weighted by molar-refractivity contribution is -0.142. The van der Waals surface area contributed by atoms with Gasteiger partial charge in [-0.1, -0.05) is 6.92 Å². The van der Waals surface area contributed by atoms with Gasteiger partial charge in [-0.3, -0.25) is 9.69 Å². The van der Waals surface area contributed by atoms with Crippen molar-refractivity contribution in [2.45, 2.75) is 19.9 Å². The van der Waals surface area contributed by atoms with E-state index in [1.807, 2.05) is 4.90 Å². The Morgan fingerprint density at radius 1 is 1.65 bits per heavy atom. The van der Waals surface area contributed by atoms with E-state index in [2.05, 4.69) is 16.6 Å². The Balaban J connectivity index is 0.00000256. The van der Waals surface area contributed by atoms with E-state index >= 15 is 0 Å². The summed E-state index contributed by atoms with van der Waals surface area (Å²) in [6, 6.07) is 0. The molecular weight excluding hydrogens is 262 g/mol. The molecule has 2 N–H and O–H groups in total. The molecule has 1 heterocycles. The number of esters is 1. The molecular formula is C10H18ClN3O2S. The fourth-order valence-corrected chi connectivity index (χ4v) is 2.12. The van der Waals surface area contributed by atoms with Gasteiger partial charge in [0, 0.05) is 17.6 Å². The quantitative estimate of drug-likeness (QED) is 0.800. The second-order valence-electron chi connectivity index (χ2n) is 3.45. The Labute approximate surface area is 111 Å². The van der Waals surface area contributed by atoms with Crippen LogP contribution in [0.5, 0.6) is 0 Å². The van der Waals surface area contributed by atoms with Crippen molar-refractivity contribution in [3.8, 4) is 0 Å². The molecule has 0 saturated heterocycles. The van der Waals surface area contributed by atoms with Crippen LogP contribution in [0.25, 0.3) is 0 Å². The van der Waals surface area contributed by atoms with Gasteiger partial charge in [0.25, 0.3) is 0 Å². The fraction of sp³-hybridized carbons (Fsp3) is 0.600. The number of carbonyl (C=O) groups is 1. The molecule has 0 radical (unpaired) electrons. The van der Waals surface area contributed by atoms with Gasteiger partial charge in [-0.15, -0.1) is 23.7 Å². The van der Waals surface area contributed by atoms with Crippen LogP contribution >= 0.6 is 23.7 Å². The van der Waals surface area contributed by atoms with Crippen LogP contribution in [0.2, 0.25) is 0 Å². The standard InChI is InChI=1S/C10H17N3O2S.ClH/c1-3-4-13(7-9(14)15-2)6-8-5-12-10(11)16-8;/h5H,3-4,6-7H2,1-2H3,(H2,11,12);1H. The first-order valence-corrected chi connectivity index (χ1v) is 5.96. The Bertz CT molecular complexity index is 346. The molecule has 0 spiro atoms. The first-order valence-electron chi connectivity index (χ1n) is 5.15. The highest BCUT2D eigenvalue weighted by atomic mass is 35.5. The molecule has 1 aromatic rings. The number of ether oxygens (including phenoxy) is 1. The lowest BCUT2D eigenvalue weighted by Crippen LogP contribution is -2.30. The monoisotopic (exact) mass is 279 g/mol. The highest BCUT2D eigenvalue weighted by Gasteiger charge is 2.11. The summed E-state index contributed by atoms with van der Waals surface area (Å²) in [5.41, 5.74) is 5.55. The zero-order chi connectivity index (χ0) is 12.0. The number of hydrogen-bond donors (Lipinski definition) is 1. The summed E-state index contributed by atoms with van der Waals surface area (Å²) in [7, 11) is 1.40. The summed E-state index contributed by atoms with van der Waals surface area (Å²) in [6.45, 7) is 3.93. The van der Waals surface area contributed by atoms with Crippen LogP contribution in [0.1, 0.15) is 18.2 Å². The van der Waals surface area contributed by atoms with Gasteiger partial charge in [-0.25, -0.2) is 4.98 Å². The van der Waals surface area contributed by atoms with Crippen molar-refractivity contribution in [3.05, 3.63) is 11.1 Å². The van der Waals surface area contributed by atoms with Gasteiger partial charge < -0.3 is 10.5 Å².